The van der Waals surface area contributed by atoms with Crippen LogP contribution in [0, 0.1) is 5.92 Å². The van der Waals surface area contributed by atoms with Crippen molar-refractivity contribution in [2.24, 2.45) is 10.9 Å². The zero-order chi connectivity index (χ0) is 20.9. The van der Waals surface area contributed by atoms with Gasteiger partial charge in [-0.1, -0.05) is 20.8 Å². The molecule has 1 atom stereocenters. The lowest BCUT2D eigenvalue weighted by atomic mass is 10.0. The second kappa shape index (κ2) is 14.2. The van der Waals surface area contributed by atoms with Gasteiger partial charge in [-0.25, -0.2) is 0 Å². The third-order valence-corrected chi connectivity index (χ3v) is 6.14. The van der Waals surface area contributed by atoms with Crippen LogP contribution in [0.3, 0.4) is 0 Å². The molecular weight excluding hydrogens is 364 g/mol. The van der Waals surface area contributed by atoms with Crippen LogP contribution in [0.25, 0.3) is 0 Å². The van der Waals surface area contributed by atoms with E-state index in [-0.39, 0.29) is 0 Å². The van der Waals surface area contributed by atoms with Crippen molar-refractivity contribution in [2.75, 3.05) is 85.7 Å². The second-order valence-corrected chi connectivity index (χ2v) is 8.79. The van der Waals surface area contributed by atoms with Crippen molar-refractivity contribution in [3.63, 3.8) is 0 Å². The summed E-state index contributed by atoms with van der Waals surface area (Å²) in [5.41, 5.74) is 0. The second-order valence-electron chi connectivity index (χ2n) is 8.79. The molecule has 0 radical (unpaired) electrons. The minimum absolute atomic E-state index is 0.541. The summed E-state index contributed by atoms with van der Waals surface area (Å²) in [4.78, 5) is 12.1. The van der Waals surface area contributed by atoms with E-state index in [1.165, 1.54) is 58.5 Å². The van der Waals surface area contributed by atoms with Crippen LogP contribution >= 0.6 is 0 Å². The van der Waals surface area contributed by atoms with Crippen LogP contribution in [0.1, 0.15) is 40.0 Å². The van der Waals surface area contributed by atoms with Crippen LogP contribution in [0.15, 0.2) is 4.99 Å². The third kappa shape index (κ3) is 9.64. The van der Waals surface area contributed by atoms with Crippen molar-refractivity contribution in [1.29, 1.82) is 0 Å². The van der Waals surface area contributed by atoms with E-state index in [9.17, 15) is 0 Å². The van der Waals surface area contributed by atoms with E-state index >= 15 is 0 Å². The quantitative estimate of drug-likeness (QED) is 0.304. The van der Waals surface area contributed by atoms with Gasteiger partial charge in [0.1, 0.15) is 0 Å². The first-order chi connectivity index (χ1) is 14.1. The summed E-state index contributed by atoms with van der Waals surface area (Å²) in [5, 5.41) is 7.07. The van der Waals surface area contributed by atoms with E-state index in [2.05, 4.69) is 51.1 Å². The molecule has 2 aliphatic heterocycles. The topological polar surface area (TPSA) is 55.4 Å². The molecule has 2 saturated heterocycles. The van der Waals surface area contributed by atoms with Gasteiger partial charge in [-0.05, 0) is 38.3 Å². The summed E-state index contributed by atoms with van der Waals surface area (Å²) in [5.74, 6) is 1.63. The number of likely N-dealkylation sites (N-methyl/N-ethyl adjacent to an activating group) is 1. The maximum absolute atomic E-state index is 5.53. The Morgan fingerprint density at radius 3 is 2.28 bits per heavy atom. The number of morpholine rings is 1. The number of piperazine rings is 1. The van der Waals surface area contributed by atoms with Crippen LogP contribution < -0.4 is 10.6 Å². The monoisotopic (exact) mass is 410 g/mol. The molecule has 0 aliphatic carbocycles. The van der Waals surface area contributed by atoms with Crippen LogP contribution in [-0.2, 0) is 4.74 Å². The zero-order valence-electron chi connectivity index (χ0n) is 19.5. The molecule has 1 unspecified atom stereocenters. The predicted octanol–water partition coefficient (Wildman–Crippen LogP) is 1.32. The highest BCUT2D eigenvalue weighted by Crippen LogP contribution is 2.13. The molecule has 0 aromatic carbocycles. The van der Waals surface area contributed by atoms with Crippen LogP contribution in [0.5, 0.6) is 0 Å². The molecule has 7 nitrogen and oxygen atoms in total. The molecule has 2 heterocycles. The molecule has 170 valence electrons. The van der Waals surface area contributed by atoms with Gasteiger partial charge in [0.05, 0.1) is 13.2 Å². The largest absolute Gasteiger partial charge is 0.379 e. The molecule has 7 heteroatoms. The summed E-state index contributed by atoms with van der Waals surface area (Å²) in [6, 6.07) is 0.541. The Morgan fingerprint density at radius 1 is 0.966 bits per heavy atom. The lowest BCUT2D eigenvalue weighted by Gasteiger charge is -2.35. The number of unbranched alkanes of at least 4 members (excludes halogenated alkanes) is 1. The fourth-order valence-corrected chi connectivity index (χ4v) is 4.28. The van der Waals surface area contributed by atoms with Crippen LogP contribution in [-0.4, -0.2) is 112 Å². The summed E-state index contributed by atoms with van der Waals surface area (Å²) >= 11 is 0. The first-order valence-corrected chi connectivity index (χ1v) is 11.8. The zero-order valence-corrected chi connectivity index (χ0v) is 19.5. The smallest absolute Gasteiger partial charge is 0.191 e. The summed E-state index contributed by atoms with van der Waals surface area (Å²) in [6.07, 6.45) is 3.64. The standard InChI is InChI=1S/C22H46N6O/c1-5-26-10-12-27(13-11-26)9-7-6-8-24-22(23-4)25-19-21(18-20(2)3)28-14-16-29-17-15-28/h20-21H,5-19H2,1-4H3,(H2,23,24,25). The van der Waals surface area contributed by atoms with Crippen molar-refractivity contribution in [1.82, 2.24) is 25.3 Å². The van der Waals surface area contributed by atoms with Gasteiger partial charge in [-0.15, -0.1) is 0 Å². The molecule has 0 bridgehead atoms. The summed E-state index contributed by atoms with van der Waals surface area (Å²) in [7, 11) is 1.87. The Labute approximate surface area is 179 Å². The van der Waals surface area contributed by atoms with E-state index in [1.807, 2.05) is 7.05 Å². The average Bonchev–Trinajstić information content (AvgIpc) is 2.75. The maximum atomic E-state index is 5.53. The SMILES string of the molecule is CCN1CCN(CCCCNC(=NC)NCC(CC(C)C)N2CCOCC2)CC1. The third-order valence-electron chi connectivity index (χ3n) is 6.14. The molecule has 29 heavy (non-hydrogen) atoms. The van der Waals surface area contributed by atoms with Crippen molar-refractivity contribution in [3.8, 4) is 0 Å². The lowest BCUT2D eigenvalue weighted by Crippen LogP contribution is -2.51. The minimum atomic E-state index is 0.541. The Morgan fingerprint density at radius 2 is 1.66 bits per heavy atom. The van der Waals surface area contributed by atoms with Crippen molar-refractivity contribution < 1.29 is 4.74 Å². The van der Waals surface area contributed by atoms with Crippen LogP contribution in [0.4, 0.5) is 0 Å². The van der Waals surface area contributed by atoms with Crippen molar-refractivity contribution >= 4 is 5.96 Å². The van der Waals surface area contributed by atoms with Crippen molar-refractivity contribution in [2.45, 2.75) is 46.1 Å². The van der Waals surface area contributed by atoms with Gasteiger partial charge in [-0.3, -0.25) is 9.89 Å². The Hall–Kier alpha value is -0.890. The molecular formula is C22H46N6O. The number of nitrogens with one attached hydrogen (secondary N) is 2. The Bertz CT molecular complexity index is 445. The number of hydrogen-bond donors (Lipinski definition) is 2. The fraction of sp³-hybridized carbons (Fsp3) is 0.955. The number of nitrogens with zero attached hydrogens (tertiary/aromatic N) is 4. The molecule has 0 amide bonds. The highest BCUT2D eigenvalue weighted by molar-refractivity contribution is 5.79. The maximum Gasteiger partial charge on any atom is 0.191 e. The number of hydrogen-bond acceptors (Lipinski definition) is 5. The summed E-state index contributed by atoms with van der Waals surface area (Å²) < 4.78 is 5.53. The molecule has 0 aromatic heterocycles. The molecule has 0 spiro atoms. The number of ether oxygens (including phenoxy) is 1. The van der Waals surface area contributed by atoms with E-state index in [1.54, 1.807) is 0 Å². The van der Waals surface area contributed by atoms with Gasteiger partial charge in [0.15, 0.2) is 5.96 Å². The molecule has 2 aliphatic rings. The van der Waals surface area contributed by atoms with Gasteiger partial charge in [0, 0.05) is 65.4 Å². The normalized spacial score (nSPS) is 21.5. The Kier molecular flexibility index (Phi) is 11.9. The van der Waals surface area contributed by atoms with E-state index in [4.69, 9.17) is 4.74 Å². The van der Waals surface area contributed by atoms with E-state index in [0.29, 0.717) is 12.0 Å². The number of guanidine groups is 1. The molecule has 2 N–H and O–H groups in total. The molecule has 0 saturated carbocycles. The fourth-order valence-electron chi connectivity index (χ4n) is 4.28. The number of rotatable bonds is 11. The first-order valence-electron chi connectivity index (χ1n) is 11.8. The first kappa shape index (κ1) is 24.4. The van der Waals surface area contributed by atoms with Crippen LogP contribution in [0.2, 0.25) is 0 Å². The highest BCUT2D eigenvalue weighted by Gasteiger charge is 2.22. The van der Waals surface area contributed by atoms with Gasteiger partial charge < -0.3 is 25.2 Å². The Balaban J connectivity index is 1.61. The van der Waals surface area contributed by atoms with E-state index < -0.39 is 0 Å². The van der Waals surface area contributed by atoms with Gasteiger partial charge in [-0.2, -0.15) is 0 Å². The average molecular weight is 411 g/mol. The van der Waals surface area contributed by atoms with E-state index in [0.717, 1.165) is 45.4 Å². The van der Waals surface area contributed by atoms with Gasteiger partial charge >= 0.3 is 0 Å². The number of aliphatic imine (C=N–C) groups is 1. The molecule has 0 aromatic rings. The molecule has 2 rings (SSSR count). The molecule has 2 fully saturated rings. The van der Waals surface area contributed by atoms with Crippen molar-refractivity contribution in [3.05, 3.63) is 0 Å². The van der Waals surface area contributed by atoms with Gasteiger partial charge in [0.25, 0.3) is 0 Å². The summed E-state index contributed by atoms with van der Waals surface area (Å²) in [6.45, 7) is 19.9. The predicted molar refractivity (Wildman–Crippen MR) is 123 cm³/mol. The highest BCUT2D eigenvalue weighted by atomic mass is 16.5. The van der Waals surface area contributed by atoms with Gasteiger partial charge in [0.2, 0.25) is 0 Å². The lowest BCUT2D eigenvalue weighted by molar-refractivity contribution is 0.0132. The minimum Gasteiger partial charge on any atom is -0.379 e.